The lowest BCUT2D eigenvalue weighted by molar-refractivity contribution is 0.198. The summed E-state index contributed by atoms with van der Waals surface area (Å²) >= 11 is 5.11. The van der Waals surface area contributed by atoms with Crippen molar-refractivity contribution >= 4 is 27.3 Å². The Morgan fingerprint density at radius 2 is 2.07 bits per heavy atom. The maximum absolute atomic E-state index is 9.24. The molecule has 0 radical (unpaired) electrons. The highest BCUT2D eigenvalue weighted by Gasteiger charge is 2.22. The van der Waals surface area contributed by atoms with Crippen molar-refractivity contribution in [2.24, 2.45) is 0 Å². The molecule has 2 rings (SSSR count). The number of piperidine rings is 1. The largest absolute Gasteiger partial charge is 0.284 e. The SMILES string of the molecule is N#CC(c1ccc(Br)s1)N1CCCCC1. The molecule has 1 unspecified atom stereocenters. The first-order valence-corrected chi connectivity index (χ1v) is 6.81. The molecule has 15 heavy (non-hydrogen) atoms. The molecule has 0 spiro atoms. The van der Waals surface area contributed by atoms with Crippen molar-refractivity contribution in [2.45, 2.75) is 25.3 Å². The molecular weight excluding hydrogens is 272 g/mol. The molecule has 0 N–H and O–H groups in total. The van der Waals surface area contributed by atoms with Gasteiger partial charge in [-0.15, -0.1) is 11.3 Å². The van der Waals surface area contributed by atoms with E-state index in [-0.39, 0.29) is 6.04 Å². The van der Waals surface area contributed by atoms with Gasteiger partial charge in [-0.3, -0.25) is 4.90 Å². The van der Waals surface area contributed by atoms with Crippen LogP contribution in [0.5, 0.6) is 0 Å². The van der Waals surface area contributed by atoms with E-state index in [0.29, 0.717) is 0 Å². The fourth-order valence-electron chi connectivity index (χ4n) is 1.98. The molecule has 2 nitrogen and oxygen atoms in total. The minimum Gasteiger partial charge on any atom is -0.284 e. The van der Waals surface area contributed by atoms with Gasteiger partial charge in [0.25, 0.3) is 0 Å². The van der Waals surface area contributed by atoms with E-state index >= 15 is 0 Å². The van der Waals surface area contributed by atoms with Gasteiger partial charge in [-0.1, -0.05) is 6.42 Å². The van der Waals surface area contributed by atoms with Crippen LogP contribution in [0.25, 0.3) is 0 Å². The average molecular weight is 285 g/mol. The monoisotopic (exact) mass is 284 g/mol. The standard InChI is InChI=1S/C11H13BrN2S/c12-11-5-4-10(15-11)9(8-13)14-6-2-1-3-7-14/h4-5,9H,1-3,6-7H2. The Labute approximate surface area is 103 Å². The van der Waals surface area contributed by atoms with Crippen molar-refractivity contribution in [3.8, 4) is 6.07 Å². The van der Waals surface area contributed by atoms with Crippen LogP contribution >= 0.6 is 27.3 Å². The van der Waals surface area contributed by atoms with E-state index < -0.39 is 0 Å². The first-order valence-electron chi connectivity index (χ1n) is 5.20. The maximum Gasteiger partial charge on any atom is 0.133 e. The van der Waals surface area contributed by atoms with Crippen LogP contribution in [-0.4, -0.2) is 18.0 Å². The lowest BCUT2D eigenvalue weighted by Crippen LogP contribution is -2.32. The summed E-state index contributed by atoms with van der Waals surface area (Å²) in [6.07, 6.45) is 3.76. The van der Waals surface area contributed by atoms with E-state index in [1.54, 1.807) is 11.3 Å². The van der Waals surface area contributed by atoms with Gasteiger partial charge in [0, 0.05) is 4.88 Å². The third-order valence-electron chi connectivity index (χ3n) is 2.74. The second kappa shape index (κ2) is 5.11. The third-order valence-corrected chi connectivity index (χ3v) is 4.42. The first-order chi connectivity index (χ1) is 7.31. The second-order valence-corrected chi connectivity index (χ2v) is 6.26. The van der Waals surface area contributed by atoms with Crippen LogP contribution in [-0.2, 0) is 0 Å². The summed E-state index contributed by atoms with van der Waals surface area (Å²) in [4.78, 5) is 3.45. The molecule has 0 amide bonds. The normalized spacial score (nSPS) is 19.7. The molecule has 0 aromatic carbocycles. The highest BCUT2D eigenvalue weighted by atomic mass is 79.9. The Morgan fingerprint density at radius 1 is 1.33 bits per heavy atom. The summed E-state index contributed by atoms with van der Waals surface area (Å²) in [5.74, 6) is 0. The number of thiophene rings is 1. The Balaban J connectivity index is 2.13. The second-order valence-electron chi connectivity index (χ2n) is 3.77. The average Bonchev–Trinajstić information content (AvgIpc) is 2.68. The molecule has 1 aromatic heterocycles. The summed E-state index contributed by atoms with van der Waals surface area (Å²) < 4.78 is 1.11. The van der Waals surface area contributed by atoms with E-state index in [0.717, 1.165) is 21.8 Å². The summed E-state index contributed by atoms with van der Waals surface area (Å²) in [5.41, 5.74) is 0. The van der Waals surface area contributed by atoms with Gasteiger partial charge in [-0.05, 0) is 54.0 Å². The van der Waals surface area contributed by atoms with E-state index in [4.69, 9.17) is 0 Å². The van der Waals surface area contributed by atoms with Crippen LogP contribution in [0.15, 0.2) is 15.9 Å². The van der Waals surface area contributed by atoms with Gasteiger partial charge in [0.2, 0.25) is 0 Å². The van der Waals surface area contributed by atoms with Crippen LogP contribution in [0.1, 0.15) is 30.2 Å². The van der Waals surface area contributed by atoms with E-state index in [1.807, 2.05) is 6.07 Å². The molecular formula is C11H13BrN2S. The number of nitrogens with zero attached hydrogens (tertiary/aromatic N) is 2. The Hall–Kier alpha value is -0.370. The molecule has 1 aromatic rings. The lowest BCUT2D eigenvalue weighted by Gasteiger charge is -2.29. The summed E-state index contributed by atoms with van der Waals surface area (Å²) in [7, 11) is 0. The fourth-order valence-corrected chi connectivity index (χ4v) is 3.48. The Kier molecular flexibility index (Phi) is 3.79. The first kappa shape index (κ1) is 11.1. The van der Waals surface area contributed by atoms with Gasteiger partial charge in [0.05, 0.1) is 9.86 Å². The quantitative estimate of drug-likeness (QED) is 0.830. The van der Waals surface area contributed by atoms with Crippen molar-refractivity contribution < 1.29 is 0 Å². The van der Waals surface area contributed by atoms with Crippen LogP contribution in [0, 0.1) is 11.3 Å². The number of rotatable bonds is 2. The summed E-state index contributed by atoms with van der Waals surface area (Å²) in [6, 6.07) is 6.45. The van der Waals surface area contributed by atoms with Crippen molar-refractivity contribution in [1.82, 2.24) is 4.90 Å². The molecule has 0 aliphatic carbocycles. The highest BCUT2D eigenvalue weighted by molar-refractivity contribution is 9.11. The zero-order chi connectivity index (χ0) is 10.7. The van der Waals surface area contributed by atoms with Crippen LogP contribution in [0.2, 0.25) is 0 Å². The van der Waals surface area contributed by atoms with Gasteiger partial charge in [0.1, 0.15) is 6.04 Å². The number of likely N-dealkylation sites (tertiary alicyclic amines) is 1. The van der Waals surface area contributed by atoms with Gasteiger partial charge >= 0.3 is 0 Å². The maximum atomic E-state index is 9.24. The van der Waals surface area contributed by atoms with Gasteiger partial charge in [-0.2, -0.15) is 5.26 Å². The molecule has 0 bridgehead atoms. The summed E-state index contributed by atoms with van der Waals surface area (Å²) in [5, 5.41) is 9.24. The summed E-state index contributed by atoms with van der Waals surface area (Å²) in [6.45, 7) is 2.13. The number of halogens is 1. The van der Waals surface area contributed by atoms with Crippen molar-refractivity contribution in [2.75, 3.05) is 13.1 Å². The van der Waals surface area contributed by atoms with E-state index in [2.05, 4.69) is 33.0 Å². The van der Waals surface area contributed by atoms with Gasteiger partial charge < -0.3 is 0 Å². The van der Waals surface area contributed by atoms with Crippen LogP contribution in [0.4, 0.5) is 0 Å². The lowest BCUT2D eigenvalue weighted by atomic mass is 10.1. The van der Waals surface area contributed by atoms with Crippen molar-refractivity contribution in [3.05, 3.63) is 20.8 Å². The van der Waals surface area contributed by atoms with Crippen LogP contribution in [0.3, 0.4) is 0 Å². The third kappa shape index (κ3) is 2.60. The molecule has 1 aliphatic rings. The number of nitriles is 1. The highest BCUT2D eigenvalue weighted by Crippen LogP contribution is 2.31. The smallest absolute Gasteiger partial charge is 0.133 e. The molecule has 1 atom stereocenters. The zero-order valence-corrected chi connectivity index (χ0v) is 10.9. The molecule has 1 saturated heterocycles. The molecule has 1 fully saturated rings. The Bertz CT molecular complexity index is 363. The molecule has 2 heterocycles. The van der Waals surface area contributed by atoms with Gasteiger partial charge in [0.15, 0.2) is 0 Å². The van der Waals surface area contributed by atoms with E-state index in [1.165, 1.54) is 19.3 Å². The van der Waals surface area contributed by atoms with Crippen molar-refractivity contribution in [1.29, 1.82) is 5.26 Å². The number of hydrogen-bond donors (Lipinski definition) is 0. The fraction of sp³-hybridized carbons (Fsp3) is 0.545. The zero-order valence-electron chi connectivity index (χ0n) is 8.45. The van der Waals surface area contributed by atoms with Crippen LogP contribution < -0.4 is 0 Å². The molecule has 80 valence electrons. The minimum atomic E-state index is -0.0402. The van der Waals surface area contributed by atoms with Gasteiger partial charge in [-0.25, -0.2) is 0 Å². The minimum absolute atomic E-state index is 0.0402. The topological polar surface area (TPSA) is 27.0 Å². The molecule has 0 saturated carbocycles. The molecule has 1 aliphatic heterocycles. The molecule has 4 heteroatoms. The van der Waals surface area contributed by atoms with E-state index in [9.17, 15) is 5.26 Å². The predicted molar refractivity (Wildman–Crippen MR) is 65.8 cm³/mol. The van der Waals surface area contributed by atoms with Crippen molar-refractivity contribution in [3.63, 3.8) is 0 Å². The number of hydrogen-bond acceptors (Lipinski definition) is 3. The Morgan fingerprint density at radius 3 is 2.60 bits per heavy atom. The predicted octanol–water partition coefficient (Wildman–Crippen LogP) is 3.56.